The molecule has 0 bridgehead atoms. The van der Waals surface area contributed by atoms with E-state index in [2.05, 4.69) is 22.2 Å². The summed E-state index contributed by atoms with van der Waals surface area (Å²) in [6.45, 7) is 4.22. The molecule has 0 aliphatic heterocycles. The van der Waals surface area contributed by atoms with Crippen LogP contribution in [0.5, 0.6) is 0 Å². The van der Waals surface area contributed by atoms with Gasteiger partial charge in [-0.1, -0.05) is 26.2 Å². The van der Waals surface area contributed by atoms with E-state index in [1.54, 1.807) is 0 Å². The van der Waals surface area contributed by atoms with Crippen molar-refractivity contribution in [2.75, 3.05) is 5.32 Å². The van der Waals surface area contributed by atoms with E-state index in [0.29, 0.717) is 6.04 Å². The molecule has 1 aromatic heterocycles. The summed E-state index contributed by atoms with van der Waals surface area (Å²) in [6, 6.07) is 2.57. The van der Waals surface area contributed by atoms with Crippen molar-refractivity contribution >= 4 is 5.82 Å². The van der Waals surface area contributed by atoms with E-state index in [9.17, 15) is 0 Å². The Bertz CT molecular complexity index is 338. The minimum Gasteiger partial charge on any atom is -0.367 e. The molecule has 1 aromatic rings. The number of nitrogens with one attached hydrogen (secondary N) is 1. The van der Waals surface area contributed by atoms with E-state index in [1.807, 2.05) is 19.2 Å². The summed E-state index contributed by atoms with van der Waals surface area (Å²) in [7, 11) is 0. The van der Waals surface area contributed by atoms with Crippen LogP contribution in [0.3, 0.4) is 0 Å². The Morgan fingerprint density at radius 1 is 1.44 bits per heavy atom. The molecule has 0 aromatic carbocycles. The van der Waals surface area contributed by atoms with Gasteiger partial charge in [0.05, 0.1) is 0 Å². The third kappa shape index (κ3) is 2.94. The monoisotopic (exact) mass is 219 g/mol. The highest BCUT2D eigenvalue weighted by molar-refractivity contribution is 5.34. The minimum atomic E-state index is 0.605. The molecule has 0 radical (unpaired) electrons. The number of aromatic nitrogens is 2. The predicted molar refractivity (Wildman–Crippen MR) is 66.4 cm³/mol. The van der Waals surface area contributed by atoms with Crippen molar-refractivity contribution in [3.8, 4) is 0 Å². The number of anilines is 1. The van der Waals surface area contributed by atoms with Crippen LogP contribution in [-0.2, 0) is 0 Å². The normalized spacial score (nSPS) is 25.4. The van der Waals surface area contributed by atoms with Gasteiger partial charge in [-0.2, -0.15) is 0 Å². The third-order valence-electron chi connectivity index (χ3n) is 3.49. The van der Waals surface area contributed by atoms with Gasteiger partial charge in [0.25, 0.3) is 0 Å². The van der Waals surface area contributed by atoms with Crippen LogP contribution < -0.4 is 5.32 Å². The molecule has 1 aliphatic carbocycles. The van der Waals surface area contributed by atoms with Gasteiger partial charge in [-0.15, -0.1) is 0 Å². The second-order valence-electron chi connectivity index (χ2n) is 4.77. The van der Waals surface area contributed by atoms with Gasteiger partial charge in [0.15, 0.2) is 0 Å². The van der Waals surface area contributed by atoms with Crippen LogP contribution >= 0.6 is 0 Å². The number of hydrogen-bond donors (Lipinski definition) is 1. The standard InChI is InChI=1S/C13H21N3/c1-3-11-5-4-6-12(9-11)16-13-7-8-14-10(2)15-13/h7-8,11-12H,3-6,9H2,1-2H3,(H,14,15,16). The highest BCUT2D eigenvalue weighted by Gasteiger charge is 2.20. The lowest BCUT2D eigenvalue weighted by Gasteiger charge is -2.29. The summed E-state index contributed by atoms with van der Waals surface area (Å²) in [5, 5.41) is 3.53. The molecule has 88 valence electrons. The average molecular weight is 219 g/mol. The first-order valence-electron chi connectivity index (χ1n) is 6.34. The molecular weight excluding hydrogens is 198 g/mol. The summed E-state index contributed by atoms with van der Waals surface area (Å²) >= 11 is 0. The zero-order valence-corrected chi connectivity index (χ0v) is 10.2. The van der Waals surface area contributed by atoms with Crippen LogP contribution in [0.15, 0.2) is 12.3 Å². The predicted octanol–water partition coefficient (Wildman–Crippen LogP) is 3.17. The molecule has 1 N–H and O–H groups in total. The molecule has 3 nitrogen and oxygen atoms in total. The minimum absolute atomic E-state index is 0.605. The maximum Gasteiger partial charge on any atom is 0.129 e. The van der Waals surface area contributed by atoms with Crippen molar-refractivity contribution in [3.05, 3.63) is 18.1 Å². The Morgan fingerprint density at radius 2 is 2.31 bits per heavy atom. The Kier molecular flexibility index (Phi) is 3.75. The van der Waals surface area contributed by atoms with Crippen LogP contribution in [0.25, 0.3) is 0 Å². The van der Waals surface area contributed by atoms with Crippen molar-refractivity contribution in [1.82, 2.24) is 9.97 Å². The molecule has 1 saturated carbocycles. The molecule has 1 aliphatic rings. The Balaban J connectivity index is 1.94. The van der Waals surface area contributed by atoms with Crippen LogP contribution in [0.4, 0.5) is 5.82 Å². The van der Waals surface area contributed by atoms with Gasteiger partial charge >= 0.3 is 0 Å². The van der Waals surface area contributed by atoms with Crippen LogP contribution in [0.2, 0.25) is 0 Å². The second-order valence-corrected chi connectivity index (χ2v) is 4.77. The quantitative estimate of drug-likeness (QED) is 0.848. The number of aryl methyl sites for hydroxylation is 1. The molecule has 3 heteroatoms. The number of rotatable bonds is 3. The number of hydrogen-bond acceptors (Lipinski definition) is 3. The lowest BCUT2D eigenvalue weighted by molar-refractivity contribution is 0.327. The van der Waals surface area contributed by atoms with Gasteiger partial charge in [-0.25, -0.2) is 9.97 Å². The summed E-state index contributed by atoms with van der Waals surface area (Å²) < 4.78 is 0. The molecule has 0 amide bonds. The van der Waals surface area contributed by atoms with Gasteiger partial charge in [0, 0.05) is 12.2 Å². The third-order valence-corrected chi connectivity index (χ3v) is 3.49. The largest absolute Gasteiger partial charge is 0.367 e. The van der Waals surface area contributed by atoms with E-state index in [0.717, 1.165) is 17.6 Å². The SMILES string of the molecule is CCC1CCCC(Nc2ccnc(C)n2)C1. The fourth-order valence-electron chi connectivity index (χ4n) is 2.54. The number of nitrogens with zero attached hydrogens (tertiary/aromatic N) is 2. The molecule has 0 spiro atoms. The van der Waals surface area contributed by atoms with Gasteiger partial charge in [0.2, 0.25) is 0 Å². The fraction of sp³-hybridized carbons (Fsp3) is 0.692. The zero-order chi connectivity index (χ0) is 11.4. The first-order chi connectivity index (χ1) is 7.78. The summed E-state index contributed by atoms with van der Waals surface area (Å²) in [4.78, 5) is 8.51. The second kappa shape index (κ2) is 5.28. The first-order valence-corrected chi connectivity index (χ1v) is 6.34. The molecule has 1 heterocycles. The highest BCUT2D eigenvalue weighted by Crippen LogP contribution is 2.28. The van der Waals surface area contributed by atoms with Crippen LogP contribution in [-0.4, -0.2) is 16.0 Å². The maximum atomic E-state index is 4.40. The van der Waals surface area contributed by atoms with E-state index in [-0.39, 0.29) is 0 Å². The van der Waals surface area contributed by atoms with E-state index in [1.165, 1.54) is 32.1 Å². The van der Waals surface area contributed by atoms with Crippen molar-refractivity contribution in [1.29, 1.82) is 0 Å². The topological polar surface area (TPSA) is 37.8 Å². The molecule has 2 atom stereocenters. The van der Waals surface area contributed by atoms with Gasteiger partial charge < -0.3 is 5.32 Å². The van der Waals surface area contributed by atoms with Gasteiger partial charge in [-0.05, 0) is 31.7 Å². The van der Waals surface area contributed by atoms with Gasteiger partial charge in [0.1, 0.15) is 11.6 Å². The molecular formula is C13H21N3. The Labute approximate surface area is 97.7 Å². The first kappa shape index (κ1) is 11.4. The molecule has 2 rings (SSSR count). The van der Waals surface area contributed by atoms with Crippen LogP contribution in [0.1, 0.15) is 44.9 Å². The van der Waals surface area contributed by atoms with Gasteiger partial charge in [-0.3, -0.25) is 0 Å². The summed E-state index contributed by atoms with van der Waals surface area (Å²) in [6.07, 6.45) is 8.45. The zero-order valence-electron chi connectivity index (χ0n) is 10.2. The molecule has 2 unspecified atom stereocenters. The Hall–Kier alpha value is -1.12. The smallest absolute Gasteiger partial charge is 0.129 e. The fourth-order valence-corrected chi connectivity index (χ4v) is 2.54. The summed E-state index contributed by atoms with van der Waals surface area (Å²) in [5.41, 5.74) is 0. The maximum absolute atomic E-state index is 4.40. The average Bonchev–Trinajstić information content (AvgIpc) is 2.29. The van der Waals surface area contributed by atoms with Crippen molar-refractivity contribution in [2.45, 2.75) is 52.0 Å². The van der Waals surface area contributed by atoms with Crippen molar-refractivity contribution in [3.63, 3.8) is 0 Å². The lowest BCUT2D eigenvalue weighted by Crippen LogP contribution is -2.27. The van der Waals surface area contributed by atoms with E-state index >= 15 is 0 Å². The molecule has 16 heavy (non-hydrogen) atoms. The summed E-state index contributed by atoms with van der Waals surface area (Å²) in [5.74, 6) is 2.72. The van der Waals surface area contributed by atoms with E-state index in [4.69, 9.17) is 0 Å². The Morgan fingerprint density at radius 3 is 3.06 bits per heavy atom. The van der Waals surface area contributed by atoms with Crippen molar-refractivity contribution < 1.29 is 0 Å². The molecule has 1 fully saturated rings. The van der Waals surface area contributed by atoms with Crippen LogP contribution in [0, 0.1) is 12.8 Å². The molecule has 0 saturated heterocycles. The lowest BCUT2D eigenvalue weighted by atomic mass is 9.84. The van der Waals surface area contributed by atoms with E-state index < -0.39 is 0 Å². The van der Waals surface area contributed by atoms with Crippen molar-refractivity contribution in [2.24, 2.45) is 5.92 Å². The highest BCUT2D eigenvalue weighted by atomic mass is 15.0.